The van der Waals surface area contributed by atoms with Gasteiger partial charge in [0.1, 0.15) is 0 Å². The van der Waals surface area contributed by atoms with Gasteiger partial charge in [-0.05, 0) is 24.4 Å². The van der Waals surface area contributed by atoms with Gasteiger partial charge in [0.15, 0.2) is 5.76 Å². The SMILES string of the molecule is CCC(C)c1ccc(-c2cc(CCN)no2)cc1. The average molecular weight is 244 g/mol. The van der Waals surface area contributed by atoms with Crippen LogP contribution >= 0.6 is 0 Å². The van der Waals surface area contributed by atoms with Crippen LogP contribution in [0.3, 0.4) is 0 Å². The van der Waals surface area contributed by atoms with E-state index in [1.165, 1.54) is 5.56 Å². The smallest absolute Gasteiger partial charge is 0.167 e. The molecule has 96 valence electrons. The third-order valence-electron chi connectivity index (χ3n) is 3.34. The van der Waals surface area contributed by atoms with Crippen LogP contribution in [-0.2, 0) is 6.42 Å². The number of hydrogen-bond acceptors (Lipinski definition) is 3. The Balaban J connectivity index is 2.17. The van der Waals surface area contributed by atoms with Crippen molar-refractivity contribution in [3.8, 4) is 11.3 Å². The Morgan fingerprint density at radius 2 is 2.00 bits per heavy atom. The van der Waals surface area contributed by atoms with E-state index in [9.17, 15) is 0 Å². The molecule has 2 aromatic rings. The summed E-state index contributed by atoms with van der Waals surface area (Å²) in [7, 11) is 0. The van der Waals surface area contributed by atoms with Crippen LogP contribution in [0.1, 0.15) is 37.4 Å². The largest absolute Gasteiger partial charge is 0.356 e. The van der Waals surface area contributed by atoms with Crippen LogP contribution in [0.5, 0.6) is 0 Å². The van der Waals surface area contributed by atoms with Gasteiger partial charge in [0.25, 0.3) is 0 Å². The highest BCUT2D eigenvalue weighted by Crippen LogP contribution is 2.24. The molecular weight excluding hydrogens is 224 g/mol. The summed E-state index contributed by atoms with van der Waals surface area (Å²) in [5.41, 5.74) is 8.84. The third kappa shape index (κ3) is 2.79. The summed E-state index contributed by atoms with van der Waals surface area (Å²) in [5.74, 6) is 1.41. The van der Waals surface area contributed by atoms with E-state index < -0.39 is 0 Å². The molecule has 0 bridgehead atoms. The molecular formula is C15H20N2O. The molecule has 0 aliphatic carbocycles. The van der Waals surface area contributed by atoms with Gasteiger partial charge in [-0.15, -0.1) is 0 Å². The normalized spacial score (nSPS) is 12.6. The van der Waals surface area contributed by atoms with E-state index in [0.717, 1.165) is 29.9 Å². The first kappa shape index (κ1) is 12.8. The summed E-state index contributed by atoms with van der Waals surface area (Å²) >= 11 is 0. The highest BCUT2D eigenvalue weighted by molar-refractivity contribution is 5.57. The topological polar surface area (TPSA) is 52.0 Å². The lowest BCUT2D eigenvalue weighted by molar-refractivity contribution is 0.423. The van der Waals surface area contributed by atoms with E-state index in [1.54, 1.807) is 0 Å². The van der Waals surface area contributed by atoms with E-state index in [1.807, 2.05) is 6.07 Å². The Kier molecular flexibility index (Phi) is 4.15. The number of nitrogens with zero attached hydrogens (tertiary/aromatic N) is 1. The third-order valence-corrected chi connectivity index (χ3v) is 3.34. The van der Waals surface area contributed by atoms with Crippen LogP contribution in [0.15, 0.2) is 34.9 Å². The number of rotatable bonds is 5. The molecule has 1 heterocycles. The summed E-state index contributed by atoms with van der Waals surface area (Å²) < 4.78 is 5.32. The van der Waals surface area contributed by atoms with Crippen LogP contribution in [0.4, 0.5) is 0 Å². The van der Waals surface area contributed by atoms with Gasteiger partial charge in [-0.3, -0.25) is 0 Å². The Morgan fingerprint density at radius 1 is 1.28 bits per heavy atom. The quantitative estimate of drug-likeness (QED) is 0.877. The molecule has 2 N–H and O–H groups in total. The standard InChI is InChI=1S/C15H20N2O/c1-3-11(2)12-4-6-13(7-5-12)15-10-14(8-9-16)17-18-15/h4-7,10-11H,3,8-9,16H2,1-2H3. The molecule has 0 fully saturated rings. The molecule has 0 spiro atoms. The van der Waals surface area contributed by atoms with E-state index in [0.29, 0.717) is 12.5 Å². The zero-order chi connectivity index (χ0) is 13.0. The monoisotopic (exact) mass is 244 g/mol. The number of nitrogens with two attached hydrogens (primary N) is 1. The fraction of sp³-hybridized carbons (Fsp3) is 0.400. The molecule has 0 saturated heterocycles. The van der Waals surface area contributed by atoms with Gasteiger partial charge in [-0.2, -0.15) is 0 Å². The lowest BCUT2D eigenvalue weighted by Gasteiger charge is -2.08. The van der Waals surface area contributed by atoms with E-state index in [-0.39, 0.29) is 0 Å². The molecule has 1 unspecified atom stereocenters. The molecule has 1 aromatic carbocycles. The number of hydrogen-bond donors (Lipinski definition) is 1. The van der Waals surface area contributed by atoms with Gasteiger partial charge >= 0.3 is 0 Å². The van der Waals surface area contributed by atoms with Crippen molar-refractivity contribution in [3.63, 3.8) is 0 Å². The van der Waals surface area contributed by atoms with Crippen LogP contribution in [-0.4, -0.2) is 11.7 Å². The maximum atomic E-state index is 5.50. The van der Waals surface area contributed by atoms with E-state index in [2.05, 4.69) is 43.3 Å². The first-order valence-electron chi connectivity index (χ1n) is 6.50. The maximum absolute atomic E-state index is 5.50. The molecule has 0 radical (unpaired) electrons. The van der Waals surface area contributed by atoms with Crippen LogP contribution in [0, 0.1) is 0 Å². The highest BCUT2D eigenvalue weighted by atomic mass is 16.5. The molecule has 0 amide bonds. The Hall–Kier alpha value is -1.61. The predicted octanol–water partition coefficient (Wildman–Crippen LogP) is 3.36. The second-order valence-electron chi connectivity index (χ2n) is 4.65. The molecule has 1 atom stereocenters. The lowest BCUT2D eigenvalue weighted by Crippen LogP contribution is -2.02. The summed E-state index contributed by atoms with van der Waals surface area (Å²) in [6, 6.07) is 10.5. The number of benzene rings is 1. The lowest BCUT2D eigenvalue weighted by atomic mass is 9.97. The van der Waals surface area contributed by atoms with Crippen molar-refractivity contribution in [3.05, 3.63) is 41.6 Å². The van der Waals surface area contributed by atoms with E-state index >= 15 is 0 Å². The Labute approximate surface area is 108 Å². The molecule has 2 rings (SSSR count). The van der Waals surface area contributed by atoms with Crippen molar-refractivity contribution >= 4 is 0 Å². The first-order chi connectivity index (χ1) is 8.74. The first-order valence-corrected chi connectivity index (χ1v) is 6.50. The fourth-order valence-electron chi connectivity index (χ4n) is 1.93. The van der Waals surface area contributed by atoms with Gasteiger partial charge in [-0.25, -0.2) is 0 Å². The summed E-state index contributed by atoms with van der Waals surface area (Å²) in [4.78, 5) is 0. The van der Waals surface area contributed by atoms with Gasteiger partial charge < -0.3 is 10.3 Å². The molecule has 18 heavy (non-hydrogen) atoms. The van der Waals surface area contributed by atoms with Crippen LogP contribution < -0.4 is 5.73 Å². The van der Waals surface area contributed by atoms with Crippen molar-refractivity contribution in [2.75, 3.05) is 6.54 Å². The molecule has 3 heteroatoms. The van der Waals surface area contributed by atoms with Crippen molar-refractivity contribution in [1.82, 2.24) is 5.16 Å². The fourth-order valence-corrected chi connectivity index (χ4v) is 1.93. The molecule has 0 saturated carbocycles. The van der Waals surface area contributed by atoms with Crippen LogP contribution in [0.25, 0.3) is 11.3 Å². The zero-order valence-electron chi connectivity index (χ0n) is 11.0. The number of aromatic nitrogens is 1. The van der Waals surface area contributed by atoms with Gasteiger partial charge in [-0.1, -0.05) is 43.3 Å². The molecule has 1 aromatic heterocycles. The van der Waals surface area contributed by atoms with Gasteiger partial charge in [0.2, 0.25) is 0 Å². The Morgan fingerprint density at radius 3 is 2.61 bits per heavy atom. The predicted molar refractivity (Wildman–Crippen MR) is 73.4 cm³/mol. The Bertz CT molecular complexity index is 487. The highest BCUT2D eigenvalue weighted by Gasteiger charge is 2.07. The molecule has 0 aliphatic heterocycles. The van der Waals surface area contributed by atoms with Crippen molar-refractivity contribution in [2.24, 2.45) is 5.73 Å². The minimum absolute atomic E-state index is 0.596. The summed E-state index contributed by atoms with van der Waals surface area (Å²) in [6.07, 6.45) is 1.91. The molecule has 3 nitrogen and oxygen atoms in total. The minimum Gasteiger partial charge on any atom is -0.356 e. The minimum atomic E-state index is 0.596. The van der Waals surface area contributed by atoms with Crippen molar-refractivity contribution < 1.29 is 4.52 Å². The maximum Gasteiger partial charge on any atom is 0.167 e. The average Bonchev–Trinajstić information content (AvgIpc) is 2.87. The molecule has 0 aliphatic rings. The second kappa shape index (κ2) is 5.83. The van der Waals surface area contributed by atoms with Gasteiger partial charge in [0, 0.05) is 18.1 Å². The second-order valence-corrected chi connectivity index (χ2v) is 4.65. The van der Waals surface area contributed by atoms with Crippen molar-refractivity contribution in [1.29, 1.82) is 0 Å². The van der Waals surface area contributed by atoms with Gasteiger partial charge in [0.05, 0.1) is 5.69 Å². The summed E-state index contributed by atoms with van der Waals surface area (Å²) in [6.45, 7) is 5.04. The zero-order valence-corrected chi connectivity index (χ0v) is 11.0. The van der Waals surface area contributed by atoms with Crippen LogP contribution in [0.2, 0.25) is 0 Å². The van der Waals surface area contributed by atoms with Crippen molar-refractivity contribution in [2.45, 2.75) is 32.6 Å². The summed E-state index contributed by atoms with van der Waals surface area (Å²) in [5, 5.41) is 4.00. The van der Waals surface area contributed by atoms with E-state index in [4.69, 9.17) is 10.3 Å².